The first-order chi connectivity index (χ1) is 6.20. The fraction of sp³-hybridized carbons (Fsp3) is 0.500. The molecule has 0 radical (unpaired) electrons. The van der Waals surface area contributed by atoms with E-state index in [0.29, 0.717) is 13.1 Å². The Kier molecular flexibility index (Phi) is 3.45. The van der Waals surface area contributed by atoms with Crippen LogP contribution in [0.25, 0.3) is 0 Å². The Balaban J connectivity index is 2.18. The van der Waals surface area contributed by atoms with Gasteiger partial charge in [0.05, 0.1) is 19.4 Å². The van der Waals surface area contributed by atoms with Crippen LogP contribution in [-0.2, 0) is 6.54 Å². The summed E-state index contributed by atoms with van der Waals surface area (Å²) in [5, 5.41) is 13.2. The van der Waals surface area contributed by atoms with Gasteiger partial charge in [0.2, 0.25) is 6.04 Å². The molecule has 0 aromatic carbocycles. The Bertz CT molecular complexity index is 258. The van der Waals surface area contributed by atoms with E-state index in [0.717, 1.165) is 5.76 Å². The number of hydrogen-bond acceptors (Lipinski definition) is 4. The molecule has 5 heteroatoms. The van der Waals surface area contributed by atoms with Gasteiger partial charge < -0.3 is 9.73 Å². The summed E-state index contributed by atoms with van der Waals surface area (Å²) >= 11 is 0. The van der Waals surface area contributed by atoms with Crippen molar-refractivity contribution in [1.29, 1.82) is 0 Å². The Morgan fingerprint density at radius 2 is 2.54 bits per heavy atom. The van der Waals surface area contributed by atoms with Crippen LogP contribution in [0.4, 0.5) is 0 Å². The van der Waals surface area contributed by atoms with Crippen molar-refractivity contribution in [2.45, 2.75) is 19.5 Å². The number of nitrogens with one attached hydrogen (secondary N) is 1. The summed E-state index contributed by atoms with van der Waals surface area (Å²) < 4.78 is 5.04. The molecule has 1 atom stereocenters. The molecule has 0 saturated heterocycles. The van der Waals surface area contributed by atoms with Crippen molar-refractivity contribution in [2.75, 3.05) is 6.54 Å². The monoisotopic (exact) mass is 184 g/mol. The lowest BCUT2D eigenvalue weighted by molar-refractivity contribution is -0.515. The minimum atomic E-state index is -0.560. The van der Waals surface area contributed by atoms with Gasteiger partial charge in [-0.2, -0.15) is 0 Å². The smallest absolute Gasteiger partial charge is 0.222 e. The van der Waals surface area contributed by atoms with E-state index in [1.165, 1.54) is 0 Å². The number of nitrogens with zero attached hydrogens (tertiary/aromatic N) is 1. The molecule has 13 heavy (non-hydrogen) atoms. The fourth-order valence-electron chi connectivity index (χ4n) is 0.892. The lowest BCUT2D eigenvalue weighted by Gasteiger charge is -2.03. The molecule has 0 aliphatic rings. The van der Waals surface area contributed by atoms with Crippen LogP contribution in [0.15, 0.2) is 22.8 Å². The second-order valence-corrected chi connectivity index (χ2v) is 2.84. The molecule has 1 unspecified atom stereocenters. The molecule has 0 fully saturated rings. The zero-order chi connectivity index (χ0) is 9.68. The van der Waals surface area contributed by atoms with E-state index < -0.39 is 6.04 Å². The maximum absolute atomic E-state index is 10.2. The van der Waals surface area contributed by atoms with E-state index in [1.54, 1.807) is 19.3 Å². The summed E-state index contributed by atoms with van der Waals surface area (Å²) in [6, 6.07) is 3.05. The molecular weight excluding hydrogens is 172 g/mol. The van der Waals surface area contributed by atoms with Crippen LogP contribution in [0.2, 0.25) is 0 Å². The first-order valence-electron chi connectivity index (χ1n) is 4.06. The van der Waals surface area contributed by atoms with Crippen LogP contribution in [0, 0.1) is 10.1 Å². The van der Waals surface area contributed by atoms with Gasteiger partial charge in [-0.1, -0.05) is 0 Å². The highest BCUT2D eigenvalue weighted by Crippen LogP contribution is 1.98. The highest BCUT2D eigenvalue weighted by Gasteiger charge is 2.11. The minimum absolute atomic E-state index is 0.310. The zero-order valence-electron chi connectivity index (χ0n) is 7.40. The van der Waals surface area contributed by atoms with Gasteiger partial charge in [0.15, 0.2) is 0 Å². The topological polar surface area (TPSA) is 68.3 Å². The lowest BCUT2D eigenvalue weighted by Crippen LogP contribution is -2.29. The molecule has 1 rings (SSSR count). The number of nitro groups is 1. The second kappa shape index (κ2) is 4.61. The van der Waals surface area contributed by atoms with Crippen molar-refractivity contribution in [3.8, 4) is 0 Å². The van der Waals surface area contributed by atoms with Gasteiger partial charge >= 0.3 is 0 Å². The minimum Gasteiger partial charge on any atom is -0.468 e. The SMILES string of the molecule is CC(CNCc1ccco1)[N+](=O)[O-]. The predicted molar refractivity (Wildman–Crippen MR) is 46.9 cm³/mol. The Labute approximate surface area is 75.9 Å². The summed E-state index contributed by atoms with van der Waals surface area (Å²) in [7, 11) is 0. The van der Waals surface area contributed by atoms with Gasteiger partial charge in [0.1, 0.15) is 5.76 Å². The predicted octanol–water partition coefficient (Wildman–Crippen LogP) is 1.03. The molecular formula is C8H12N2O3. The molecule has 5 nitrogen and oxygen atoms in total. The summed E-state index contributed by atoms with van der Waals surface area (Å²) in [4.78, 5) is 9.92. The van der Waals surface area contributed by atoms with Crippen molar-refractivity contribution in [2.24, 2.45) is 0 Å². The second-order valence-electron chi connectivity index (χ2n) is 2.84. The third-order valence-electron chi connectivity index (χ3n) is 1.68. The maximum Gasteiger partial charge on any atom is 0.222 e. The molecule has 1 heterocycles. The van der Waals surface area contributed by atoms with Crippen LogP contribution >= 0.6 is 0 Å². The van der Waals surface area contributed by atoms with Crippen LogP contribution < -0.4 is 5.32 Å². The van der Waals surface area contributed by atoms with Gasteiger partial charge in [-0.3, -0.25) is 10.1 Å². The van der Waals surface area contributed by atoms with Gasteiger partial charge in [0.25, 0.3) is 0 Å². The maximum atomic E-state index is 10.2. The molecule has 0 saturated carbocycles. The van der Waals surface area contributed by atoms with Gasteiger partial charge in [-0.05, 0) is 12.1 Å². The Morgan fingerprint density at radius 1 is 1.77 bits per heavy atom. The van der Waals surface area contributed by atoms with Crippen molar-refractivity contribution in [3.05, 3.63) is 34.3 Å². The molecule has 0 amide bonds. The van der Waals surface area contributed by atoms with Crippen molar-refractivity contribution >= 4 is 0 Å². The molecule has 0 aliphatic carbocycles. The molecule has 0 bridgehead atoms. The van der Waals surface area contributed by atoms with E-state index in [-0.39, 0.29) is 4.92 Å². The summed E-state index contributed by atoms with van der Waals surface area (Å²) in [5.41, 5.74) is 0. The van der Waals surface area contributed by atoms with Gasteiger partial charge in [-0.25, -0.2) is 0 Å². The third-order valence-corrected chi connectivity index (χ3v) is 1.68. The molecule has 1 N–H and O–H groups in total. The molecule has 0 aliphatic heterocycles. The van der Waals surface area contributed by atoms with Gasteiger partial charge in [-0.15, -0.1) is 0 Å². The average Bonchev–Trinajstić information content (AvgIpc) is 2.56. The number of rotatable bonds is 5. The van der Waals surface area contributed by atoms with Crippen LogP contribution in [0.3, 0.4) is 0 Å². The van der Waals surface area contributed by atoms with Crippen molar-refractivity contribution in [1.82, 2.24) is 5.32 Å². The van der Waals surface area contributed by atoms with E-state index in [4.69, 9.17) is 4.42 Å². The standard InChI is InChI=1S/C8H12N2O3/c1-7(10(11)12)5-9-6-8-3-2-4-13-8/h2-4,7,9H,5-6H2,1H3. The van der Waals surface area contributed by atoms with E-state index >= 15 is 0 Å². The third kappa shape index (κ3) is 3.25. The van der Waals surface area contributed by atoms with Crippen molar-refractivity contribution < 1.29 is 9.34 Å². The fourth-order valence-corrected chi connectivity index (χ4v) is 0.892. The van der Waals surface area contributed by atoms with Crippen LogP contribution in [0.5, 0.6) is 0 Å². The summed E-state index contributed by atoms with van der Waals surface area (Å²) in [6.07, 6.45) is 1.58. The zero-order valence-corrected chi connectivity index (χ0v) is 7.40. The summed E-state index contributed by atoms with van der Waals surface area (Å²) in [6.45, 7) is 2.45. The first kappa shape index (κ1) is 9.73. The quantitative estimate of drug-likeness (QED) is 0.548. The average molecular weight is 184 g/mol. The lowest BCUT2D eigenvalue weighted by atomic mass is 10.3. The Hall–Kier alpha value is -1.36. The molecule has 1 aromatic heterocycles. The molecule has 1 aromatic rings. The van der Waals surface area contributed by atoms with E-state index in [9.17, 15) is 10.1 Å². The van der Waals surface area contributed by atoms with Crippen LogP contribution in [0.1, 0.15) is 12.7 Å². The van der Waals surface area contributed by atoms with Crippen molar-refractivity contribution in [3.63, 3.8) is 0 Å². The van der Waals surface area contributed by atoms with E-state index in [2.05, 4.69) is 5.32 Å². The highest BCUT2D eigenvalue weighted by atomic mass is 16.6. The Morgan fingerprint density at radius 3 is 3.08 bits per heavy atom. The van der Waals surface area contributed by atoms with Gasteiger partial charge in [0, 0.05) is 11.8 Å². The number of hydrogen-bond donors (Lipinski definition) is 1. The normalized spacial score (nSPS) is 12.7. The van der Waals surface area contributed by atoms with E-state index in [1.807, 2.05) is 6.07 Å². The first-order valence-corrected chi connectivity index (χ1v) is 4.06. The largest absolute Gasteiger partial charge is 0.468 e. The van der Waals surface area contributed by atoms with Crippen LogP contribution in [-0.4, -0.2) is 17.5 Å². The number of furan rings is 1. The molecule has 72 valence electrons. The highest BCUT2D eigenvalue weighted by molar-refractivity contribution is 4.97. The molecule has 0 spiro atoms. The summed E-state index contributed by atoms with van der Waals surface area (Å²) in [5.74, 6) is 0.788.